The molecule has 0 fully saturated rings. The van der Waals surface area contributed by atoms with Gasteiger partial charge in [0.05, 0.1) is 52.3 Å². The maximum Gasteiger partial charge on any atom is 0.323 e. The number of imidazole rings is 1. The van der Waals surface area contributed by atoms with Gasteiger partial charge in [0.2, 0.25) is 5.89 Å². The molecule has 7 aromatic rings. The van der Waals surface area contributed by atoms with E-state index < -0.39 is 5.82 Å². The van der Waals surface area contributed by atoms with Crippen molar-refractivity contribution in [2.24, 2.45) is 0 Å². The van der Waals surface area contributed by atoms with Crippen LogP contribution in [0.5, 0.6) is 0 Å². The van der Waals surface area contributed by atoms with Crippen molar-refractivity contribution in [1.82, 2.24) is 39.7 Å². The topological polar surface area (TPSA) is 147 Å². The number of oxazole rings is 1. The minimum Gasteiger partial charge on any atom is -0.441 e. The third-order valence-electron chi connectivity index (χ3n) is 6.67. The number of aromatic nitrogens is 8. The smallest absolute Gasteiger partial charge is 0.323 e. The number of hydrogen-bond donors (Lipinski definition) is 2. The van der Waals surface area contributed by atoms with E-state index in [1.807, 2.05) is 6.07 Å². The average molecular weight is 532 g/mol. The molecule has 4 aromatic heterocycles. The molecule has 194 valence electrons. The van der Waals surface area contributed by atoms with Crippen LogP contribution in [-0.4, -0.2) is 39.7 Å². The number of fused-ring (bicyclic) bond motifs is 2. The predicted molar refractivity (Wildman–Crippen MR) is 143 cm³/mol. The Morgan fingerprint density at radius 1 is 1.07 bits per heavy atom. The molecule has 0 atom stereocenters. The maximum absolute atomic E-state index is 15.3. The molecule has 0 spiro atoms. The van der Waals surface area contributed by atoms with Gasteiger partial charge in [-0.3, -0.25) is 4.68 Å². The van der Waals surface area contributed by atoms with E-state index in [2.05, 4.69) is 36.4 Å². The summed E-state index contributed by atoms with van der Waals surface area (Å²) in [6, 6.07) is 17.7. The van der Waals surface area contributed by atoms with Gasteiger partial charge in [0, 0.05) is 17.3 Å². The van der Waals surface area contributed by atoms with Crippen molar-refractivity contribution in [1.29, 1.82) is 5.26 Å². The molecular weight excluding hydrogens is 513 g/mol. The number of aromatic amines is 2. The van der Waals surface area contributed by atoms with Crippen molar-refractivity contribution in [2.45, 2.75) is 13.5 Å². The number of hydrogen-bond acceptors (Lipinski definition) is 7. The van der Waals surface area contributed by atoms with E-state index in [-0.39, 0.29) is 11.2 Å². The Balaban J connectivity index is 1.31. The zero-order valence-electron chi connectivity index (χ0n) is 20.9. The molecule has 2 N–H and O–H groups in total. The minimum absolute atomic E-state index is 0.117. The number of nitrogens with one attached hydrogen (secondary N) is 2. The van der Waals surface area contributed by atoms with Crippen LogP contribution in [0.4, 0.5) is 4.39 Å². The molecule has 0 saturated carbocycles. The molecule has 0 aliphatic rings. The highest BCUT2D eigenvalue weighted by Gasteiger charge is 2.18. The second-order valence-electron chi connectivity index (χ2n) is 9.27. The van der Waals surface area contributed by atoms with Crippen LogP contribution in [0.1, 0.15) is 16.9 Å². The lowest BCUT2D eigenvalue weighted by atomic mass is 10.0. The summed E-state index contributed by atoms with van der Waals surface area (Å²) in [5.74, 6) is 0.525. The number of halogens is 1. The highest BCUT2D eigenvalue weighted by molar-refractivity contribution is 5.84. The van der Waals surface area contributed by atoms with Crippen LogP contribution in [0.3, 0.4) is 0 Å². The summed E-state index contributed by atoms with van der Waals surface area (Å²) < 4.78 is 24.3. The van der Waals surface area contributed by atoms with E-state index in [0.29, 0.717) is 62.8 Å². The Kier molecular flexibility index (Phi) is 5.17. The van der Waals surface area contributed by atoms with E-state index in [1.54, 1.807) is 66.5 Å². The zero-order valence-corrected chi connectivity index (χ0v) is 20.9. The van der Waals surface area contributed by atoms with Gasteiger partial charge < -0.3 is 14.4 Å². The fourth-order valence-corrected chi connectivity index (χ4v) is 4.80. The lowest BCUT2D eigenvalue weighted by Crippen LogP contribution is -2.06. The first kappa shape index (κ1) is 23.3. The third kappa shape index (κ3) is 3.84. The fourth-order valence-electron chi connectivity index (χ4n) is 4.80. The summed E-state index contributed by atoms with van der Waals surface area (Å²) >= 11 is 0. The average Bonchev–Trinajstić information content (AvgIpc) is 3.74. The third-order valence-corrected chi connectivity index (χ3v) is 6.67. The van der Waals surface area contributed by atoms with Crippen molar-refractivity contribution < 1.29 is 8.81 Å². The molecule has 7 rings (SSSR count). The molecule has 0 saturated heterocycles. The van der Waals surface area contributed by atoms with Gasteiger partial charge in [-0.25, -0.2) is 18.9 Å². The normalized spacial score (nSPS) is 11.4. The Hall–Kier alpha value is -5.83. The molecular formula is C28H18FN9O2. The van der Waals surface area contributed by atoms with Gasteiger partial charge in [0.15, 0.2) is 5.82 Å². The van der Waals surface area contributed by atoms with Gasteiger partial charge in [0.1, 0.15) is 11.3 Å². The first-order valence-corrected chi connectivity index (χ1v) is 12.2. The van der Waals surface area contributed by atoms with Crippen molar-refractivity contribution >= 4 is 22.1 Å². The van der Waals surface area contributed by atoms with Gasteiger partial charge in [-0.2, -0.15) is 10.4 Å². The Morgan fingerprint density at radius 2 is 1.95 bits per heavy atom. The Bertz CT molecular complexity index is 2170. The Labute approximate surface area is 224 Å². The van der Waals surface area contributed by atoms with Gasteiger partial charge in [-0.15, -0.1) is 5.10 Å². The minimum atomic E-state index is -0.531. The standard InChI is InChI=1S/C28H18FN9O2/c1-15-13-31-27(40-15)20-8-16(12-30)2-3-17(20)14-37-24(6-7-32-37)18-9-21(29)26-25(10-18)38(36-35-26)19-4-5-22-23(11-19)34-28(39)33-22/h2-11,13H,14H2,1H3,(H2,33,34,39). The van der Waals surface area contributed by atoms with Crippen LogP contribution in [0.25, 0.3) is 50.5 Å². The number of benzene rings is 3. The molecule has 0 bridgehead atoms. The van der Waals surface area contributed by atoms with E-state index >= 15 is 4.39 Å². The molecule has 0 unspecified atom stereocenters. The van der Waals surface area contributed by atoms with E-state index in [9.17, 15) is 10.1 Å². The van der Waals surface area contributed by atoms with Crippen molar-refractivity contribution in [2.75, 3.05) is 0 Å². The predicted octanol–water partition coefficient (Wildman–Crippen LogP) is 4.48. The molecule has 11 nitrogen and oxygen atoms in total. The first-order valence-electron chi connectivity index (χ1n) is 12.2. The molecule has 0 amide bonds. The highest BCUT2D eigenvalue weighted by Crippen LogP contribution is 2.30. The molecule has 0 aliphatic heterocycles. The van der Waals surface area contributed by atoms with Crippen LogP contribution in [-0.2, 0) is 6.54 Å². The van der Waals surface area contributed by atoms with Gasteiger partial charge >= 0.3 is 5.69 Å². The summed E-state index contributed by atoms with van der Waals surface area (Å²) in [5, 5.41) is 22.1. The lowest BCUT2D eigenvalue weighted by Gasteiger charge is -2.12. The molecule has 0 aliphatic carbocycles. The van der Waals surface area contributed by atoms with Gasteiger partial charge in [0.25, 0.3) is 0 Å². The summed E-state index contributed by atoms with van der Waals surface area (Å²) in [5.41, 5.74) is 5.33. The summed E-state index contributed by atoms with van der Waals surface area (Å²) in [7, 11) is 0. The van der Waals surface area contributed by atoms with Crippen LogP contribution in [0, 0.1) is 24.1 Å². The van der Waals surface area contributed by atoms with Crippen molar-refractivity contribution in [3.05, 3.63) is 100 Å². The first-order chi connectivity index (χ1) is 19.5. The van der Waals surface area contributed by atoms with Crippen molar-refractivity contribution in [3.8, 4) is 34.5 Å². The quantitative estimate of drug-likeness (QED) is 0.333. The monoisotopic (exact) mass is 531 g/mol. The van der Waals surface area contributed by atoms with Gasteiger partial charge in [-0.05, 0) is 61.0 Å². The number of H-pyrrole nitrogens is 2. The number of nitriles is 1. The van der Waals surface area contributed by atoms with Crippen LogP contribution < -0.4 is 5.69 Å². The highest BCUT2D eigenvalue weighted by atomic mass is 19.1. The second-order valence-corrected chi connectivity index (χ2v) is 9.27. The maximum atomic E-state index is 15.3. The number of rotatable bonds is 5. The second kappa shape index (κ2) is 8.88. The SMILES string of the molecule is Cc1cnc(-c2cc(C#N)ccc2Cn2nccc2-c2cc(F)c3nnn(-c4ccc5[nH]c(=O)[nH]c5c4)c3c2)o1. The zero-order chi connectivity index (χ0) is 27.4. The molecule has 40 heavy (non-hydrogen) atoms. The van der Waals surface area contributed by atoms with Crippen LogP contribution >= 0.6 is 0 Å². The Morgan fingerprint density at radius 3 is 2.77 bits per heavy atom. The molecule has 0 radical (unpaired) electrons. The molecule has 4 heterocycles. The van der Waals surface area contributed by atoms with Crippen LogP contribution in [0.15, 0.2) is 76.2 Å². The number of nitrogens with zero attached hydrogens (tertiary/aromatic N) is 7. The summed E-state index contributed by atoms with van der Waals surface area (Å²) in [6.07, 6.45) is 3.26. The van der Waals surface area contributed by atoms with Gasteiger partial charge in [-0.1, -0.05) is 11.3 Å². The summed E-state index contributed by atoms with van der Waals surface area (Å²) in [6.45, 7) is 2.12. The molecule has 3 aromatic carbocycles. The van der Waals surface area contributed by atoms with Crippen LogP contribution in [0.2, 0.25) is 0 Å². The van der Waals surface area contributed by atoms with E-state index in [1.165, 1.54) is 10.7 Å². The van der Waals surface area contributed by atoms with Crippen molar-refractivity contribution in [3.63, 3.8) is 0 Å². The van der Waals surface area contributed by atoms with E-state index in [0.717, 1.165) is 5.56 Å². The fraction of sp³-hybridized carbons (Fsp3) is 0.0714. The summed E-state index contributed by atoms with van der Waals surface area (Å²) in [4.78, 5) is 21.5. The lowest BCUT2D eigenvalue weighted by molar-refractivity contribution is 0.541. The molecule has 12 heteroatoms. The van der Waals surface area contributed by atoms with E-state index in [4.69, 9.17) is 4.42 Å². The largest absolute Gasteiger partial charge is 0.441 e. The number of aryl methyl sites for hydroxylation is 1.